The molecule has 0 spiro atoms. The number of likely N-dealkylation sites (tertiary alicyclic amines) is 1. The SMILES string of the molecule is CCN(CC)CCN1C(=O)C(=O)/C(=C(/O)c2ccc(Br)cc2)[C@@H]1c1ccc([N+](=O)[O-])cc1. The average molecular weight is 502 g/mol. The molecule has 1 fully saturated rings. The second kappa shape index (κ2) is 10.1. The summed E-state index contributed by atoms with van der Waals surface area (Å²) in [5.41, 5.74) is 0.808. The maximum atomic E-state index is 13.0. The number of hydrogen-bond acceptors (Lipinski definition) is 6. The number of aliphatic hydroxyl groups excluding tert-OH is 1. The molecule has 0 unspecified atom stereocenters. The van der Waals surface area contributed by atoms with Crippen LogP contribution in [-0.4, -0.2) is 57.7 Å². The Labute approximate surface area is 194 Å². The van der Waals surface area contributed by atoms with Crippen LogP contribution in [0.5, 0.6) is 0 Å². The molecular weight excluding hydrogens is 478 g/mol. The molecule has 1 atom stereocenters. The van der Waals surface area contributed by atoms with E-state index in [1.165, 1.54) is 29.2 Å². The van der Waals surface area contributed by atoms with Crippen molar-refractivity contribution in [1.29, 1.82) is 0 Å². The van der Waals surface area contributed by atoms with E-state index in [4.69, 9.17) is 0 Å². The van der Waals surface area contributed by atoms with Crippen molar-refractivity contribution in [1.82, 2.24) is 9.80 Å². The van der Waals surface area contributed by atoms with Gasteiger partial charge in [-0.15, -0.1) is 0 Å². The Balaban J connectivity index is 2.10. The van der Waals surface area contributed by atoms with Crippen molar-refractivity contribution in [3.8, 4) is 0 Å². The highest BCUT2D eigenvalue weighted by molar-refractivity contribution is 9.10. The summed E-state index contributed by atoms with van der Waals surface area (Å²) in [6, 6.07) is 11.6. The Bertz CT molecular complexity index is 1050. The van der Waals surface area contributed by atoms with Crippen LogP contribution in [-0.2, 0) is 9.59 Å². The highest BCUT2D eigenvalue weighted by Crippen LogP contribution is 2.39. The van der Waals surface area contributed by atoms with Gasteiger partial charge < -0.3 is 14.9 Å². The number of Topliss-reactive ketones (excluding diaryl/α,β-unsaturated/α-hetero) is 1. The average Bonchev–Trinajstić information content (AvgIpc) is 3.04. The Morgan fingerprint density at radius 2 is 1.69 bits per heavy atom. The molecule has 3 rings (SSSR count). The van der Waals surface area contributed by atoms with Gasteiger partial charge in [-0.25, -0.2) is 0 Å². The fourth-order valence-corrected chi connectivity index (χ4v) is 4.05. The van der Waals surface area contributed by atoms with Crippen LogP contribution in [0.3, 0.4) is 0 Å². The molecule has 1 N–H and O–H groups in total. The summed E-state index contributed by atoms with van der Waals surface area (Å²) in [6.07, 6.45) is 0. The van der Waals surface area contributed by atoms with Gasteiger partial charge in [-0.2, -0.15) is 0 Å². The second-order valence-electron chi connectivity index (χ2n) is 7.37. The Morgan fingerprint density at radius 1 is 1.09 bits per heavy atom. The van der Waals surface area contributed by atoms with Crippen molar-refractivity contribution in [2.24, 2.45) is 0 Å². The zero-order chi connectivity index (χ0) is 23.4. The van der Waals surface area contributed by atoms with Gasteiger partial charge in [0.2, 0.25) is 0 Å². The summed E-state index contributed by atoms with van der Waals surface area (Å²) in [5.74, 6) is -1.74. The number of rotatable bonds is 8. The topological polar surface area (TPSA) is 104 Å². The minimum Gasteiger partial charge on any atom is -0.507 e. The summed E-state index contributed by atoms with van der Waals surface area (Å²) in [5, 5.41) is 22.1. The maximum Gasteiger partial charge on any atom is 0.295 e. The molecule has 1 saturated heterocycles. The van der Waals surface area contributed by atoms with Crippen molar-refractivity contribution in [2.75, 3.05) is 26.2 Å². The predicted molar refractivity (Wildman–Crippen MR) is 124 cm³/mol. The predicted octanol–water partition coefficient (Wildman–Crippen LogP) is 4.12. The van der Waals surface area contributed by atoms with Crippen molar-refractivity contribution in [3.05, 3.63) is 79.8 Å². The number of non-ortho nitro benzene ring substituents is 1. The normalized spacial score (nSPS) is 17.9. The van der Waals surface area contributed by atoms with E-state index in [1.54, 1.807) is 24.3 Å². The number of carbonyl (C=O) groups is 2. The first-order valence-electron chi connectivity index (χ1n) is 10.3. The highest BCUT2D eigenvalue weighted by Gasteiger charge is 2.46. The number of nitro groups is 1. The van der Waals surface area contributed by atoms with Gasteiger partial charge in [0, 0.05) is 35.3 Å². The van der Waals surface area contributed by atoms with Gasteiger partial charge in [-0.3, -0.25) is 19.7 Å². The number of amides is 1. The standard InChI is InChI=1S/C23H24BrN3O5/c1-3-25(4-2)13-14-26-20(15-7-11-18(12-8-15)27(31)32)19(22(29)23(26)30)21(28)16-5-9-17(24)10-6-16/h5-12,20,28H,3-4,13-14H2,1-2H3/b21-19+/t20-/m0/s1. The van der Waals surface area contributed by atoms with E-state index < -0.39 is 22.7 Å². The van der Waals surface area contributed by atoms with Crippen molar-refractivity contribution in [2.45, 2.75) is 19.9 Å². The molecule has 0 aliphatic carbocycles. The van der Waals surface area contributed by atoms with Gasteiger partial charge in [0.1, 0.15) is 5.76 Å². The number of nitrogens with zero attached hydrogens (tertiary/aromatic N) is 3. The summed E-state index contributed by atoms with van der Waals surface area (Å²) < 4.78 is 0.806. The van der Waals surface area contributed by atoms with Crippen LogP contribution in [0.2, 0.25) is 0 Å². The molecule has 1 heterocycles. The molecule has 2 aromatic rings. The lowest BCUT2D eigenvalue weighted by Gasteiger charge is -2.28. The summed E-state index contributed by atoms with van der Waals surface area (Å²) in [7, 11) is 0. The minimum atomic E-state index is -0.838. The third kappa shape index (κ3) is 4.73. The van der Waals surface area contributed by atoms with Crippen molar-refractivity contribution < 1.29 is 19.6 Å². The third-order valence-electron chi connectivity index (χ3n) is 5.63. The molecular formula is C23H24BrN3O5. The largest absolute Gasteiger partial charge is 0.507 e. The quantitative estimate of drug-likeness (QED) is 0.192. The fraction of sp³-hybridized carbons (Fsp3) is 0.304. The van der Waals surface area contributed by atoms with Gasteiger partial charge in [0.25, 0.3) is 17.4 Å². The minimum absolute atomic E-state index is 0.0225. The summed E-state index contributed by atoms with van der Waals surface area (Å²) in [4.78, 5) is 40.1. The van der Waals surface area contributed by atoms with E-state index in [0.717, 1.165) is 17.6 Å². The van der Waals surface area contributed by atoms with Crippen LogP contribution in [0.1, 0.15) is 31.0 Å². The van der Waals surface area contributed by atoms with Gasteiger partial charge >= 0.3 is 0 Å². The first-order chi connectivity index (χ1) is 15.3. The van der Waals surface area contributed by atoms with Crippen LogP contribution >= 0.6 is 15.9 Å². The first-order valence-corrected chi connectivity index (χ1v) is 11.1. The zero-order valence-electron chi connectivity index (χ0n) is 17.8. The summed E-state index contributed by atoms with van der Waals surface area (Å²) >= 11 is 3.34. The van der Waals surface area contributed by atoms with E-state index >= 15 is 0 Å². The van der Waals surface area contributed by atoms with E-state index in [0.29, 0.717) is 17.7 Å². The number of benzene rings is 2. The molecule has 2 aromatic carbocycles. The lowest BCUT2D eigenvalue weighted by atomic mass is 9.95. The number of carbonyl (C=O) groups excluding carboxylic acids is 2. The van der Waals surface area contributed by atoms with Crippen LogP contribution in [0.15, 0.2) is 58.6 Å². The van der Waals surface area contributed by atoms with Crippen LogP contribution in [0.4, 0.5) is 5.69 Å². The van der Waals surface area contributed by atoms with Gasteiger partial charge in [0.05, 0.1) is 16.5 Å². The molecule has 32 heavy (non-hydrogen) atoms. The number of halogens is 1. The molecule has 1 aliphatic rings. The van der Waals surface area contributed by atoms with Gasteiger partial charge in [-0.05, 0) is 42.9 Å². The number of aliphatic hydroxyl groups is 1. The van der Waals surface area contributed by atoms with Gasteiger partial charge in [0.15, 0.2) is 0 Å². The monoisotopic (exact) mass is 501 g/mol. The number of likely N-dealkylation sites (N-methyl/N-ethyl adjacent to an activating group) is 1. The third-order valence-corrected chi connectivity index (χ3v) is 6.16. The van der Waals surface area contributed by atoms with Crippen molar-refractivity contribution >= 4 is 39.1 Å². The molecule has 1 amide bonds. The highest BCUT2D eigenvalue weighted by atomic mass is 79.9. The van der Waals surface area contributed by atoms with E-state index in [1.807, 2.05) is 13.8 Å². The Morgan fingerprint density at radius 3 is 2.22 bits per heavy atom. The molecule has 1 aliphatic heterocycles. The Hall–Kier alpha value is -3.04. The van der Waals surface area contributed by atoms with E-state index in [9.17, 15) is 24.8 Å². The lowest BCUT2D eigenvalue weighted by molar-refractivity contribution is -0.384. The molecule has 9 heteroatoms. The lowest BCUT2D eigenvalue weighted by Crippen LogP contribution is -2.38. The van der Waals surface area contributed by atoms with Gasteiger partial charge in [-0.1, -0.05) is 41.9 Å². The fourth-order valence-electron chi connectivity index (χ4n) is 3.79. The molecule has 168 valence electrons. The second-order valence-corrected chi connectivity index (χ2v) is 8.29. The van der Waals surface area contributed by atoms with Crippen LogP contribution in [0.25, 0.3) is 5.76 Å². The first kappa shape index (κ1) is 23.6. The van der Waals surface area contributed by atoms with E-state index in [2.05, 4.69) is 20.8 Å². The molecule has 8 nitrogen and oxygen atoms in total. The van der Waals surface area contributed by atoms with Crippen LogP contribution < -0.4 is 0 Å². The smallest absolute Gasteiger partial charge is 0.295 e. The van der Waals surface area contributed by atoms with Crippen molar-refractivity contribution in [3.63, 3.8) is 0 Å². The number of hydrogen-bond donors (Lipinski definition) is 1. The van der Waals surface area contributed by atoms with Crippen LogP contribution in [0, 0.1) is 10.1 Å². The zero-order valence-corrected chi connectivity index (χ0v) is 19.4. The number of ketones is 1. The number of nitro benzene ring substituents is 1. The summed E-state index contributed by atoms with van der Waals surface area (Å²) in [6.45, 7) is 6.45. The Kier molecular flexibility index (Phi) is 7.42. The van der Waals surface area contributed by atoms with E-state index in [-0.39, 0.29) is 23.6 Å². The maximum absolute atomic E-state index is 13.0. The molecule has 0 bridgehead atoms. The molecule has 0 radical (unpaired) electrons. The molecule has 0 saturated carbocycles. The molecule has 0 aromatic heterocycles.